The highest BCUT2D eigenvalue weighted by atomic mass is 16.5. The maximum absolute atomic E-state index is 12.4. The van der Waals surface area contributed by atoms with Gasteiger partial charge in [-0.05, 0) is 32.3 Å². The van der Waals surface area contributed by atoms with E-state index >= 15 is 0 Å². The Morgan fingerprint density at radius 3 is 2.67 bits per heavy atom. The molecule has 1 aromatic carbocycles. The van der Waals surface area contributed by atoms with Crippen LogP contribution in [-0.2, 0) is 20.7 Å². The van der Waals surface area contributed by atoms with E-state index in [0.29, 0.717) is 19.6 Å². The molecule has 0 aliphatic carbocycles. The molecule has 4 heteroatoms. The van der Waals surface area contributed by atoms with E-state index in [0.717, 1.165) is 24.9 Å². The molecule has 0 spiro atoms. The molecule has 1 atom stereocenters. The molecule has 2 rings (SSSR count). The number of esters is 1. The zero-order valence-electron chi connectivity index (χ0n) is 12.8. The monoisotopic (exact) mass is 289 g/mol. The van der Waals surface area contributed by atoms with Gasteiger partial charge in [0.15, 0.2) is 0 Å². The van der Waals surface area contributed by atoms with E-state index in [9.17, 15) is 9.59 Å². The van der Waals surface area contributed by atoms with Crippen LogP contribution < -0.4 is 0 Å². The molecular formula is C17H23NO3. The quantitative estimate of drug-likeness (QED) is 0.799. The SMILES string of the molecule is CCOC(=O)[C@H]1CCCN(C(=O)Cc2ccc(C)cc2)C1. The van der Waals surface area contributed by atoms with Gasteiger partial charge in [0.25, 0.3) is 0 Å². The number of hydrogen-bond donors (Lipinski definition) is 0. The van der Waals surface area contributed by atoms with Crippen LogP contribution in [0.4, 0.5) is 0 Å². The van der Waals surface area contributed by atoms with Gasteiger partial charge in [0.05, 0.1) is 18.9 Å². The summed E-state index contributed by atoms with van der Waals surface area (Å²) in [4.78, 5) is 26.0. The van der Waals surface area contributed by atoms with Crippen LogP contribution in [0, 0.1) is 12.8 Å². The molecular weight excluding hydrogens is 266 g/mol. The number of piperidine rings is 1. The van der Waals surface area contributed by atoms with Gasteiger partial charge >= 0.3 is 5.97 Å². The molecule has 0 radical (unpaired) electrons. The molecule has 1 fully saturated rings. The zero-order chi connectivity index (χ0) is 15.2. The summed E-state index contributed by atoms with van der Waals surface area (Å²) >= 11 is 0. The minimum atomic E-state index is -0.176. The van der Waals surface area contributed by atoms with Gasteiger partial charge in [0.1, 0.15) is 0 Å². The first-order valence-electron chi connectivity index (χ1n) is 7.60. The lowest BCUT2D eigenvalue weighted by Crippen LogP contribution is -2.43. The van der Waals surface area contributed by atoms with Crippen LogP contribution >= 0.6 is 0 Å². The molecule has 21 heavy (non-hydrogen) atoms. The van der Waals surface area contributed by atoms with Crippen LogP contribution in [0.2, 0.25) is 0 Å². The van der Waals surface area contributed by atoms with Crippen molar-refractivity contribution < 1.29 is 14.3 Å². The van der Waals surface area contributed by atoms with Crippen LogP contribution in [0.5, 0.6) is 0 Å². The van der Waals surface area contributed by atoms with Gasteiger partial charge in [0, 0.05) is 13.1 Å². The number of amides is 1. The molecule has 1 aliphatic rings. The average Bonchev–Trinajstić information content (AvgIpc) is 2.50. The van der Waals surface area contributed by atoms with Crippen LogP contribution in [-0.4, -0.2) is 36.5 Å². The number of aryl methyl sites for hydroxylation is 1. The van der Waals surface area contributed by atoms with Gasteiger partial charge < -0.3 is 9.64 Å². The Bertz CT molecular complexity index is 495. The van der Waals surface area contributed by atoms with Crippen molar-refractivity contribution in [2.24, 2.45) is 5.92 Å². The lowest BCUT2D eigenvalue weighted by molar-refractivity contribution is -0.151. The molecule has 1 saturated heterocycles. The first-order valence-corrected chi connectivity index (χ1v) is 7.60. The Hall–Kier alpha value is -1.84. The van der Waals surface area contributed by atoms with Crippen molar-refractivity contribution in [3.8, 4) is 0 Å². The zero-order valence-corrected chi connectivity index (χ0v) is 12.8. The highest BCUT2D eigenvalue weighted by molar-refractivity contribution is 5.80. The Kier molecular flexibility index (Phi) is 5.37. The minimum Gasteiger partial charge on any atom is -0.466 e. The van der Waals surface area contributed by atoms with Gasteiger partial charge in [0.2, 0.25) is 5.91 Å². The number of rotatable bonds is 4. The number of benzene rings is 1. The Morgan fingerprint density at radius 2 is 2.00 bits per heavy atom. The van der Waals surface area contributed by atoms with Crippen molar-refractivity contribution in [2.75, 3.05) is 19.7 Å². The van der Waals surface area contributed by atoms with Crippen LogP contribution in [0.1, 0.15) is 30.9 Å². The summed E-state index contributed by atoms with van der Waals surface area (Å²) in [5.41, 5.74) is 2.20. The van der Waals surface area contributed by atoms with Crippen LogP contribution in [0.25, 0.3) is 0 Å². The summed E-state index contributed by atoms with van der Waals surface area (Å²) in [5.74, 6) is -0.251. The Balaban J connectivity index is 1.92. The maximum Gasteiger partial charge on any atom is 0.310 e. The second kappa shape index (κ2) is 7.25. The van der Waals surface area contributed by atoms with Crippen molar-refractivity contribution in [3.63, 3.8) is 0 Å². The smallest absolute Gasteiger partial charge is 0.310 e. The normalized spacial score (nSPS) is 18.4. The van der Waals surface area contributed by atoms with Gasteiger partial charge in [-0.2, -0.15) is 0 Å². The standard InChI is InChI=1S/C17H23NO3/c1-3-21-17(20)15-5-4-10-18(12-15)16(19)11-14-8-6-13(2)7-9-14/h6-9,15H,3-5,10-12H2,1-2H3/t15-/m0/s1. The van der Waals surface area contributed by atoms with Crippen molar-refractivity contribution in [2.45, 2.75) is 33.1 Å². The van der Waals surface area contributed by atoms with E-state index in [1.807, 2.05) is 31.2 Å². The van der Waals surface area contributed by atoms with Crippen molar-refractivity contribution in [1.82, 2.24) is 4.90 Å². The summed E-state index contributed by atoms with van der Waals surface area (Å²) < 4.78 is 5.06. The third kappa shape index (κ3) is 4.31. The molecule has 0 unspecified atom stereocenters. The first-order chi connectivity index (χ1) is 10.1. The largest absolute Gasteiger partial charge is 0.466 e. The lowest BCUT2D eigenvalue weighted by atomic mass is 9.97. The maximum atomic E-state index is 12.4. The molecule has 1 amide bonds. The number of ether oxygens (including phenoxy) is 1. The summed E-state index contributed by atoms with van der Waals surface area (Å²) in [6, 6.07) is 8.00. The second-order valence-electron chi connectivity index (χ2n) is 5.59. The number of likely N-dealkylation sites (tertiary alicyclic amines) is 1. The van der Waals surface area contributed by atoms with Crippen molar-refractivity contribution >= 4 is 11.9 Å². The highest BCUT2D eigenvalue weighted by Gasteiger charge is 2.29. The number of hydrogen-bond acceptors (Lipinski definition) is 3. The summed E-state index contributed by atoms with van der Waals surface area (Å²) in [5, 5.41) is 0. The summed E-state index contributed by atoms with van der Waals surface area (Å²) in [6.45, 7) is 5.46. The van der Waals surface area contributed by atoms with Crippen molar-refractivity contribution in [3.05, 3.63) is 35.4 Å². The average molecular weight is 289 g/mol. The highest BCUT2D eigenvalue weighted by Crippen LogP contribution is 2.19. The molecule has 1 aliphatic heterocycles. The van der Waals surface area contributed by atoms with Crippen molar-refractivity contribution in [1.29, 1.82) is 0 Å². The van der Waals surface area contributed by atoms with E-state index in [1.165, 1.54) is 5.56 Å². The number of nitrogens with zero attached hydrogens (tertiary/aromatic N) is 1. The topological polar surface area (TPSA) is 46.6 Å². The van der Waals surface area contributed by atoms with Crippen LogP contribution in [0.15, 0.2) is 24.3 Å². The lowest BCUT2D eigenvalue weighted by Gasteiger charge is -2.31. The van der Waals surface area contributed by atoms with E-state index < -0.39 is 0 Å². The first kappa shape index (κ1) is 15.5. The fourth-order valence-corrected chi connectivity index (χ4v) is 2.65. The fourth-order valence-electron chi connectivity index (χ4n) is 2.65. The molecule has 0 bridgehead atoms. The summed E-state index contributed by atoms with van der Waals surface area (Å²) in [6.07, 6.45) is 2.08. The van der Waals surface area contributed by atoms with Gasteiger partial charge in [-0.3, -0.25) is 9.59 Å². The van der Waals surface area contributed by atoms with Gasteiger partial charge in [-0.15, -0.1) is 0 Å². The minimum absolute atomic E-state index is 0.0906. The van der Waals surface area contributed by atoms with E-state index in [-0.39, 0.29) is 17.8 Å². The third-order valence-electron chi connectivity index (χ3n) is 3.87. The Labute approximate surface area is 126 Å². The molecule has 4 nitrogen and oxygen atoms in total. The summed E-state index contributed by atoms with van der Waals surface area (Å²) in [7, 11) is 0. The molecule has 114 valence electrons. The second-order valence-corrected chi connectivity index (χ2v) is 5.59. The molecule has 0 aromatic heterocycles. The fraction of sp³-hybridized carbons (Fsp3) is 0.529. The molecule has 0 saturated carbocycles. The van der Waals surface area contributed by atoms with E-state index in [2.05, 4.69) is 0 Å². The molecule has 1 heterocycles. The van der Waals surface area contributed by atoms with Gasteiger partial charge in [-0.1, -0.05) is 29.8 Å². The number of carbonyl (C=O) groups excluding carboxylic acids is 2. The predicted molar refractivity (Wildman–Crippen MR) is 80.8 cm³/mol. The van der Waals surface area contributed by atoms with Gasteiger partial charge in [-0.25, -0.2) is 0 Å². The van der Waals surface area contributed by atoms with E-state index in [4.69, 9.17) is 4.74 Å². The Morgan fingerprint density at radius 1 is 1.29 bits per heavy atom. The number of carbonyl (C=O) groups is 2. The third-order valence-corrected chi connectivity index (χ3v) is 3.87. The molecule has 1 aromatic rings. The molecule has 0 N–H and O–H groups in total. The predicted octanol–water partition coefficient (Wildman–Crippen LogP) is 2.34. The van der Waals surface area contributed by atoms with E-state index in [1.54, 1.807) is 11.8 Å². The van der Waals surface area contributed by atoms with Crippen LogP contribution in [0.3, 0.4) is 0 Å².